The van der Waals surface area contributed by atoms with Crippen LogP contribution in [0.3, 0.4) is 0 Å². The molecule has 3 heterocycles. The van der Waals surface area contributed by atoms with E-state index in [0.717, 1.165) is 53.8 Å². The molecule has 0 amide bonds. The lowest BCUT2D eigenvalue weighted by Gasteiger charge is -2.21. The van der Waals surface area contributed by atoms with Gasteiger partial charge in [-0.1, -0.05) is 28.1 Å². The Bertz CT molecular complexity index is 730. The van der Waals surface area contributed by atoms with Crippen molar-refractivity contribution < 1.29 is 0 Å². The van der Waals surface area contributed by atoms with E-state index in [1.54, 1.807) is 6.21 Å². The number of halogens is 1. The minimum absolute atomic E-state index is 0.747. The molecule has 0 unspecified atom stereocenters. The van der Waals surface area contributed by atoms with Gasteiger partial charge in [-0.3, -0.25) is 5.43 Å². The van der Waals surface area contributed by atoms with Gasteiger partial charge in [0.1, 0.15) is 5.82 Å². The summed E-state index contributed by atoms with van der Waals surface area (Å²) >= 11 is 3.44. The Kier molecular flexibility index (Phi) is 5.34. The molecule has 1 aromatic heterocycles. The molecule has 0 aliphatic carbocycles. The summed E-state index contributed by atoms with van der Waals surface area (Å²) in [5.41, 5.74) is 4.13. The highest BCUT2D eigenvalue weighted by Crippen LogP contribution is 2.25. The molecule has 1 N–H and O–H groups in total. The Morgan fingerprint density at radius 3 is 2.27 bits per heavy atom. The minimum Gasteiger partial charge on any atom is -0.356 e. The fourth-order valence-corrected chi connectivity index (χ4v) is 3.63. The predicted octanol–water partition coefficient (Wildman–Crippen LogP) is 3.89. The van der Waals surface area contributed by atoms with Gasteiger partial charge >= 0.3 is 0 Å². The molecule has 0 spiro atoms. The van der Waals surface area contributed by atoms with Crippen molar-refractivity contribution in [2.45, 2.75) is 25.7 Å². The van der Waals surface area contributed by atoms with E-state index in [9.17, 15) is 0 Å². The average Bonchev–Trinajstić information content (AvgIpc) is 3.37. The molecule has 0 radical (unpaired) electrons. The Balaban J connectivity index is 1.54. The highest BCUT2D eigenvalue weighted by atomic mass is 79.9. The van der Waals surface area contributed by atoms with Gasteiger partial charge in [-0.15, -0.1) is 0 Å². The molecule has 7 heteroatoms. The number of rotatable bonds is 5. The quantitative estimate of drug-likeness (QED) is 0.593. The first kappa shape index (κ1) is 17.3. The van der Waals surface area contributed by atoms with E-state index in [-0.39, 0.29) is 0 Å². The molecule has 0 bridgehead atoms. The van der Waals surface area contributed by atoms with Crippen molar-refractivity contribution in [2.24, 2.45) is 5.10 Å². The molecule has 2 saturated heterocycles. The van der Waals surface area contributed by atoms with Gasteiger partial charge in [0.2, 0.25) is 5.95 Å². The Morgan fingerprint density at radius 1 is 0.923 bits per heavy atom. The van der Waals surface area contributed by atoms with Gasteiger partial charge in [0, 0.05) is 36.7 Å². The van der Waals surface area contributed by atoms with Crippen molar-refractivity contribution in [3.8, 4) is 0 Å². The lowest BCUT2D eigenvalue weighted by molar-refractivity contribution is 0.871. The van der Waals surface area contributed by atoms with Crippen LogP contribution >= 0.6 is 15.9 Å². The monoisotopic (exact) mass is 414 g/mol. The number of anilines is 3. The van der Waals surface area contributed by atoms with Crippen LogP contribution in [0.15, 0.2) is 39.9 Å². The molecule has 0 atom stereocenters. The fourth-order valence-electron chi connectivity index (χ4n) is 3.37. The summed E-state index contributed by atoms with van der Waals surface area (Å²) in [6.45, 7) is 4.20. The first-order chi connectivity index (χ1) is 12.8. The van der Waals surface area contributed by atoms with E-state index in [2.05, 4.69) is 41.2 Å². The topological polar surface area (TPSA) is 56.7 Å². The SMILES string of the molecule is Brc1ccc(C=NNc2cc(N3CCCC3)nc(N3CCCC3)n2)cc1. The molecule has 26 heavy (non-hydrogen) atoms. The van der Waals surface area contributed by atoms with Crippen molar-refractivity contribution in [3.05, 3.63) is 40.4 Å². The van der Waals surface area contributed by atoms with Crippen molar-refractivity contribution in [1.29, 1.82) is 0 Å². The van der Waals surface area contributed by atoms with Crippen LogP contribution in [0.4, 0.5) is 17.6 Å². The standard InChI is InChI=1S/C19H23BrN6/c20-16-7-5-15(6-8-16)14-21-24-17-13-18(25-9-1-2-10-25)23-19(22-17)26-11-3-4-12-26/h5-8,13-14H,1-4,9-12H2,(H,22,23,24). The molecule has 2 aliphatic rings. The second-order valence-electron chi connectivity index (χ2n) is 6.72. The largest absolute Gasteiger partial charge is 0.356 e. The van der Waals surface area contributed by atoms with Crippen LogP contribution < -0.4 is 15.2 Å². The van der Waals surface area contributed by atoms with Gasteiger partial charge in [0.25, 0.3) is 0 Å². The second-order valence-corrected chi connectivity index (χ2v) is 7.64. The van der Waals surface area contributed by atoms with Crippen LogP contribution in [0.5, 0.6) is 0 Å². The van der Waals surface area contributed by atoms with E-state index in [1.165, 1.54) is 25.7 Å². The molecule has 6 nitrogen and oxygen atoms in total. The van der Waals surface area contributed by atoms with Crippen molar-refractivity contribution in [2.75, 3.05) is 41.4 Å². The fraction of sp³-hybridized carbons (Fsp3) is 0.421. The second kappa shape index (κ2) is 8.03. The smallest absolute Gasteiger partial charge is 0.229 e. The summed E-state index contributed by atoms with van der Waals surface area (Å²) < 4.78 is 1.06. The van der Waals surface area contributed by atoms with Crippen LogP contribution in [0.1, 0.15) is 31.2 Å². The minimum atomic E-state index is 0.747. The van der Waals surface area contributed by atoms with Crippen molar-refractivity contribution in [1.82, 2.24) is 9.97 Å². The predicted molar refractivity (Wildman–Crippen MR) is 110 cm³/mol. The zero-order valence-corrected chi connectivity index (χ0v) is 16.3. The lowest BCUT2D eigenvalue weighted by Crippen LogP contribution is -2.24. The maximum absolute atomic E-state index is 4.82. The van der Waals surface area contributed by atoms with E-state index in [0.29, 0.717) is 0 Å². The van der Waals surface area contributed by atoms with Gasteiger partial charge in [0.05, 0.1) is 6.21 Å². The first-order valence-corrected chi connectivity index (χ1v) is 10.0. The van der Waals surface area contributed by atoms with Crippen LogP contribution in [-0.4, -0.2) is 42.4 Å². The molecule has 4 rings (SSSR count). The molecule has 2 fully saturated rings. The first-order valence-electron chi connectivity index (χ1n) is 9.21. The summed E-state index contributed by atoms with van der Waals surface area (Å²) in [4.78, 5) is 14.1. The van der Waals surface area contributed by atoms with E-state index >= 15 is 0 Å². The molecule has 2 aliphatic heterocycles. The van der Waals surface area contributed by atoms with Crippen LogP contribution in [0.2, 0.25) is 0 Å². The molecular weight excluding hydrogens is 392 g/mol. The highest BCUT2D eigenvalue weighted by Gasteiger charge is 2.20. The van der Waals surface area contributed by atoms with E-state index in [1.807, 2.05) is 30.3 Å². The Labute approximate surface area is 162 Å². The Hall–Kier alpha value is -2.15. The number of benzene rings is 1. The third kappa shape index (κ3) is 4.15. The number of nitrogens with zero attached hydrogens (tertiary/aromatic N) is 5. The molecule has 0 saturated carbocycles. The molecular formula is C19H23BrN6. The summed E-state index contributed by atoms with van der Waals surface area (Å²) in [6, 6.07) is 10.0. The summed E-state index contributed by atoms with van der Waals surface area (Å²) in [5.74, 6) is 2.56. The van der Waals surface area contributed by atoms with Crippen LogP contribution in [0.25, 0.3) is 0 Å². The number of hydrogen-bond donors (Lipinski definition) is 1. The normalized spacial score (nSPS) is 17.4. The van der Waals surface area contributed by atoms with Crippen LogP contribution in [0, 0.1) is 0 Å². The number of nitrogens with one attached hydrogen (secondary N) is 1. The lowest BCUT2D eigenvalue weighted by atomic mass is 10.2. The number of hydrazone groups is 1. The third-order valence-corrected chi connectivity index (χ3v) is 5.31. The summed E-state index contributed by atoms with van der Waals surface area (Å²) in [6.07, 6.45) is 6.68. The molecule has 136 valence electrons. The van der Waals surface area contributed by atoms with E-state index < -0.39 is 0 Å². The van der Waals surface area contributed by atoms with Gasteiger partial charge in [0.15, 0.2) is 5.82 Å². The van der Waals surface area contributed by atoms with Gasteiger partial charge in [-0.25, -0.2) is 0 Å². The number of aromatic nitrogens is 2. The maximum atomic E-state index is 4.82. The zero-order chi connectivity index (χ0) is 17.8. The van der Waals surface area contributed by atoms with Crippen molar-refractivity contribution >= 4 is 39.7 Å². The average molecular weight is 415 g/mol. The summed E-state index contributed by atoms with van der Waals surface area (Å²) in [5, 5.41) is 4.36. The third-order valence-electron chi connectivity index (χ3n) is 4.78. The van der Waals surface area contributed by atoms with Gasteiger partial charge in [-0.05, 0) is 43.4 Å². The van der Waals surface area contributed by atoms with E-state index in [4.69, 9.17) is 4.98 Å². The summed E-state index contributed by atoms with van der Waals surface area (Å²) in [7, 11) is 0. The van der Waals surface area contributed by atoms with Crippen LogP contribution in [-0.2, 0) is 0 Å². The maximum Gasteiger partial charge on any atom is 0.229 e. The molecule has 2 aromatic rings. The van der Waals surface area contributed by atoms with Crippen molar-refractivity contribution in [3.63, 3.8) is 0 Å². The van der Waals surface area contributed by atoms with Gasteiger partial charge in [-0.2, -0.15) is 15.1 Å². The Morgan fingerprint density at radius 2 is 1.58 bits per heavy atom. The number of hydrogen-bond acceptors (Lipinski definition) is 6. The molecule has 1 aromatic carbocycles. The van der Waals surface area contributed by atoms with Gasteiger partial charge < -0.3 is 9.80 Å². The zero-order valence-electron chi connectivity index (χ0n) is 14.7. The highest BCUT2D eigenvalue weighted by molar-refractivity contribution is 9.10.